The molecule has 3 aromatic rings. The largest absolute Gasteiger partial charge is 0.489 e. The van der Waals surface area contributed by atoms with Gasteiger partial charge in [-0.25, -0.2) is 13.2 Å². The number of nitrogens with zero attached hydrogens (tertiary/aromatic N) is 1. The summed E-state index contributed by atoms with van der Waals surface area (Å²) in [6, 6.07) is 9.85. The molecule has 0 unspecified atom stereocenters. The van der Waals surface area contributed by atoms with Crippen LogP contribution < -0.4 is 4.74 Å². The predicted octanol–water partition coefficient (Wildman–Crippen LogP) is 4.65. The summed E-state index contributed by atoms with van der Waals surface area (Å²) < 4.78 is 50.2. The topological polar surface area (TPSA) is 35.3 Å². The maximum atomic E-state index is 13.5. The van der Waals surface area contributed by atoms with Crippen LogP contribution in [0.15, 0.2) is 47.0 Å². The van der Waals surface area contributed by atoms with Crippen molar-refractivity contribution in [2.45, 2.75) is 13.5 Å². The fourth-order valence-corrected chi connectivity index (χ4v) is 2.09. The highest BCUT2D eigenvalue weighted by Gasteiger charge is 2.12. The second kappa shape index (κ2) is 6.16. The Kier molecular flexibility index (Phi) is 4.06. The lowest BCUT2D eigenvalue weighted by molar-refractivity contribution is 0.292. The van der Waals surface area contributed by atoms with Gasteiger partial charge in [0, 0.05) is 23.8 Å². The van der Waals surface area contributed by atoms with Gasteiger partial charge in [-0.2, -0.15) is 0 Å². The number of halogens is 3. The van der Waals surface area contributed by atoms with Crippen LogP contribution in [-0.2, 0) is 6.61 Å². The van der Waals surface area contributed by atoms with E-state index >= 15 is 0 Å². The summed E-state index contributed by atoms with van der Waals surface area (Å²) in [5.74, 6) is -1.79. The molecule has 1 heterocycles. The van der Waals surface area contributed by atoms with Gasteiger partial charge >= 0.3 is 0 Å². The van der Waals surface area contributed by atoms with Crippen molar-refractivity contribution >= 4 is 0 Å². The minimum atomic E-state index is -0.975. The molecule has 0 bridgehead atoms. The smallest absolute Gasteiger partial charge is 0.135 e. The maximum Gasteiger partial charge on any atom is 0.135 e. The number of aryl methyl sites for hydroxylation is 1. The summed E-state index contributed by atoms with van der Waals surface area (Å²) >= 11 is 0. The summed E-state index contributed by atoms with van der Waals surface area (Å²) in [5, 5.41) is 3.89. The highest BCUT2D eigenvalue weighted by atomic mass is 19.1. The van der Waals surface area contributed by atoms with Crippen molar-refractivity contribution in [1.82, 2.24) is 5.16 Å². The predicted molar refractivity (Wildman–Crippen MR) is 77.3 cm³/mol. The molecule has 6 heteroatoms. The highest BCUT2D eigenvalue weighted by Crippen LogP contribution is 2.23. The first-order valence-electron chi connectivity index (χ1n) is 6.83. The van der Waals surface area contributed by atoms with Gasteiger partial charge in [0.05, 0.1) is 5.56 Å². The second-order valence-corrected chi connectivity index (χ2v) is 4.98. The molecule has 0 atom stereocenters. The first kappa shape index (κ1) is 15.1. The van der Waals surface area contributed by atoms with E-state index in [0.717, 1.165) is 5.56 Å². The normalized spacial score (nSPS) is 10.8. The van der Waals surface area contributed by atoms with E-state index in [9.17, 15) is 13.2 Å². The molecular weight excluding hydrogens is 307 g/mol. The Balaban J connectivity index is 1.72. The Morgan fingerprint density at radius 3 is 2.22 bits per heavy atom. The van der Waals surface area contributed by atoms with E-state index < -0.39 is 17.5 Å². The van der Waals surface area contributed by atoms with E-state index in [1.54, 1.807) is 37.3 Å². The minimum absolute atomic E-state index is 0.317. The van der Waals surface area contributed by atoms with Gasteiger partial charge in [0.2, 0.25) is 0 Å². The van der Waals surface area contributed by atoms with E-state index in [-0.39, 0.29) is 12.2 Å². The minimum Gasteiger partial charge on any atom is -0.489 e. The van der Waals surface area contributed by atoms with Gasteiger partial charge in [-0.15, -0.1) is 0 Å². The van der Waals surface area contributed by atoms with Gasteiger partial charge in [0.15, 0.2) is 0 Å². The molecule has 0 saturated carbocycles. The number of hydrogen-bond donors (Lipinski definition) is 0. The molecule has 0 aliphatic carbocycles. The zero-order valence-corrected chi connectivity index (χ0v) is 12.1. The maximum absolute atomic E-state index is 13.5. The molecule has 1 aromatic heterocycles. The van der Waals surface area contributed by atoms with Crippen molar-refractivity contribution in [2.75, 3.05) is 0 Å². The van der Waals surface area contributed by atoms with Crippen molar-refractivity contribution in [1.29, 1.82) is 0 Å². The summed E-state index contributed by atoms with van der Waals surface area (Å²) in [7, 11) is 0. The number of aromatic nitrogens is 1. The van der Waals surface area contributed by atoms with Crippen molar-refractivity contribution in [3.05, 3.63) is 71.2 Å². The lowest BCUT2D eigenvalue weighted by atomic mass is 10.1. The Hall–Kier alpha value is -2.76. The molecule has 0 N–H and O–H groups in total. The van der Waals surface area contributed by atoms with Gasteiger partial charge in [-0.05, 0) is 31.2 Å². The van der Waals surface area contributed by atoms with E-state index in [1.807, 2.05) is 0 Å². The van der Waals surface area contributed by atoms with E-state index in [4.69, 9.17) is 9.26 Å². The average Bonchev–Trinajstić information content (AvgIpc) is 2.93. The zero-order valence-electron chi connectivity index (χ0n) is 12.1. The summed E-state index contributed by atoms with van der Waals surface area (Å²) in [6.07, 6.45) is 0. The van der Waals surface area contributed by atoms with Crippen LogP contribution in [0.2, 0.25) is 0 Å². The third-order valence-corrected chi connectivity index (χ3v) is 3.27. The van der Waals surface area contributed by atoms with Crippen molar-refractivity contribution in [2.24, 2.45) is 0 Å². The molecule has 2 aromatic carbocycles. The van der Waals surface area contributed by atoms with E-state index in [0.29, 0.717) is 29.3 Å². The van der Waals surface area contributed by atoms with Crippen LogP contribution in [0.4, 0.5) is 13.2 Å². The van der Waals surface area contributed by atoms with Gasteiger partial charge in [0.25, 0.3) is 0 Å². The van der Waals surface area contributed by atoms with E-state index in [2.05, 4.69) is 5.16 Å². The SMILES string of the molecule is Cc1cc(-c2ccc(OCc3c(F)cc(F)cc3F)cc2)no1. The summed E-state index contributed by atoms with van der Waals surface area (Å²) in [4.78, 5) is 0. The number of ether oxygens (including phenoxy) is 1. The third-order valence-electron chi connectivity index (χ3n) is 3.27. The van der Waals surface area contributed by atoms with Crippen molar-refractivity contribution < 1.29 is 22.4 Å². The fraction of sp³-hybridized carbons (Fsp3) is 0.118. The lowest BCUT2D eigenvalue weighted by Gasteiger charge is -2.08. The van der Waals surface area contributed by atoms with Crippen LogP contribution in [0.25, 0.3) is 11.3 Å². The molecule has 0 aliphatic rings. The fourth-order valence-electron chi connectivity index (χ4n) is 2.09. The third kappa shape index (κ3) is 3.36. The Labute approximate surface area is 130 Å². The van der Waals surface area contributed by atoms with Crippen LogP contribution in [0.1, 0.15) is 11.3 Å². The van der Waals surface area contributed by atoms with Crippen LogP contribution in [0.5, 0.6) is 5.75 Å². The Morgan fingerprint density at radius 2 is 1.65 bits per heavy atom. The van der Waals surface area contributed by atoms with Gasteiger partial charge < -0.3 is 9.26 Å². The lowest BCUT2D eigenvalue weighted by Crippen LogP contribution is -2.03. The standard InChI is InChI=1S/C17H12F3NO2/c1-10-6-17(21-23-10)11-2-4-13(5-3-11)22-9-14-15(19)7-12(18)8-16(14)20/h2-8H,9H2,1H3. The van der Waals surface area contributed by atoms with Crippen molar-refractivity contribution in [3.8, 4) is 17.0 Å². The Bertz CT molecular complexity index is 805. The average molecular weight is 319 g/mol. The molecule has 0 saturated heterocycles. The monoisotopic (exact) mass is 319 g/mol. The molecule has 0 spiro atoms. The molecule has 23 heavy (non-hydrogen) atoms. The van der Waals surface area contributed by atoms with Crippen LogP contribution in [0, 0.1) is 24.4 Å². The number of benzene rings is 2. The molecular formula is C17H12F3NO2. The molecule has 118 valence electrons. The highest BCUT2D eigenvalue weighted by molar-refractivity contribution is 5.59. The van der Waals surface area contributed by atoms with Crippen LogP contribution in [-0.4, -0.2) is 5.16 Å². The number of rotatable bonds is 4. The molecule has 0 aliphatic heterocycles. The van der Waals surface area contributed by atoms with Crippen LogP contribution >= 0.6 is 0 Å². The molecule has 3 rings (SSSR count). The van der Waals surface area contributed by atoms with Gasteiger partial charge in [-0.3, -0.25) is 0 Å². The van der Waals surface area contributed by atoms with Crippen molar-refractivity contribution in [3.63, 3.8) is 0 Å². The first-order chi connectivity index (χ1) is 11.0. The van der Waals surface area contributed by atoms with E-state index in [1.165, 1.54) is 0 Å². The first-order valence-corrected chi connectivity index (χ1v) is 6.83. The molecule has 0 fully saturated rings. The second-order valence-electron chi connectivity index (χ2n) is 4.98. The molecule has 3 nitrogen and oxygen atoms in total. The quantitative estimate of drug-likeness (QED) is 0.702. The van der Waals surface area contributed by atoms with Gasteiger partial charge in [-0.1, -0.05) is 5.16 Å². The molecule has 0 radical (unpaired) electrons. The summed E-state index contributed by atoms with van der Waals surface area (Å²) in [5.41, 5.74) is 1.20. The Morgan fingerprint density at radius 1 is 1.00 bits per heavy atom. The summed E-state index contributed by atoms with van der Waals surface area (Å²) in [6.45, 7) is 1.46. The molecule has 0 amide bonds. The van der Waals surface area contributed by atoms with Crippen LogP contribution in [0.3, 0.4) is 0 Å². The zero-order chi connectivity index (χ0) is 16.4. The number of hydrogen-bond acceptors (Lipinski definition) is 3. The van der Waals surface area contributed by atoms with Gasteiger partial charge in [0.1, 0.15) is 41.3 Å².